The smallest absolute Gasteiger partial charge is 0.0185 e. The van der Waals surface area contributed by atoms with Crippen molar-refractivity contribution in [2.24, 2.45) is 11.8 Å². The Morgan fingerprint density at radius 3 is 1.40 bits per heavy atom. The van der Waals surface area contributed by atoms with E-state index in [1.54, 1.807) is 0 Å². The Bertz CT molecular complexity index is 166. The fourth-order valence-corrected chi connectivity index (χ4v) is 3.39. The van der Waals surface area contributed by atoms with Crippen LogP contribution in [0.5, 0.6) is 0 Å². The Morgan fingerprint density at radius 1 is 0.600 bits per heavy atom. The van der Waals surface area contributed by atoms with E-state index in [1.807, 2.05) is 5.92 Å². The highest BCUT2D eigenvalue weighted by molar-refractivity contribution is 4.98. The van der Waals surface area contributed by atoms with Crippen LogP contribution >= 0.6 is 0 Å². The summed E-state index contributed by atoms with van der Waals surface area (Å²) in [6.45, 7) is 11.9. The average Bonchev–Trinajstić information content (AvgIpc) is 2.45. The summed E-state index contributed by atoms with van der Waals surface area (Å²) in [4.78, 5) is 0. The predicted molar refractivity (Wildman–Crippen MR) is 94.0 cm³/mol. The van der Waals surface area contributed by atoms with Gasteiger partial charge in [0.05, 0.1) is 0 Å². The zero-order valence-corrected chi connectivity index (χ0v) is 15.1. The van der Waals surface area contributed by atoms with Gasteiger partial charge in [0, 0.05) is 0 Å². The fourth-order valence-electron chi connectivity index (χ4n) is 3.39. The average molecular weight is 282 g/mol. The lowest BCUT2D eigenvalue weighted by atomic mass is 9.76. The van der Waals surface area contributed by atoms with Gasteiger partial charge in [-0.05, 0) is 24.2 Å². The molecule has 0 heteroatoms. The van der Waals surface area contributed by atoms with E-state index in [9.17, 15) is 0 Å². The largest absolute Gasteiger partial charge is 0.0654 e. The van der Waals surface area contributed by atoms with E-state index in [4.69, 9.17) is 0 Å². The molecule has 0 aromatic rings. The van der Waals surface area contributed by atoms with E-state index in [0.29, 0.717) is 0 Å². The molecule has 0 bridgehead atoms. The Balaban J connectivity index is 4.02. The van der Waals surface area contributed by atoms with Gasteiger partial charge in [0.25, 0.3) is 0 Å². The highest BCUT2D eigenvalue weighted by atomic mass is 14.3. The maximum absolute atomic E-state index is 2.49. The van der Waals surface area contributed by atoms with Crippen molar-refractivity contribution in [2.75, 3.05) is 0 Å². The molecule has 121 valence electrons. The molecule has 0 N–H and O–H groups in total. The van der Waals surface area contributed by atoms with Crippen LogP contribution < -0.4 is 0 Å². The summed E-state index contributed by atoms with van der Waals surface area (Å²) >= 11 is 0. The Hall–Kier alpha value is 0. The van der Waals surface area contributed by atoms with Gasteiger partial charge >= 0.3 is 0 Å². The lowest BCUT2D eigenvalue weighted by molar-refractivity contribution is 0.372. The van der Waals surface area contributed by atoms with E-state index in [2.05, 4.69) is 34.6 Å². The molecule has 1 radical (unpaired) electrons. The first-order chi connectivity index (χ1) is 9.67. The summed E-state index contributed by atoms with van der Waals surface area (Å²) in [5, 5.41) is 0. The van der Waals surface area contributed by atoms with Crippen LogP contribution in [0.15, 0.2) is 0 Å². The monoisotopic (exact) mass is 281 g/mol. The zero-order chi connectivity index (χ0) is 15.2. The first-order valence-corrected chi connectivity index (χ1v) is 9.52. The maximum atomic E-state index is 2.49. The van der Waals surface area contributed by atoms with Crippen molar-refractivity contribution in [1.82, 2.24) is 0 Å². The molecule has 0 aliphatic carbocycles. The first-order valence-electron chi connectivity index (χ1n) is 9.52. The second-order valence-electron chi connectivity index (χ2n) is 6.83. The molecule has 0 aromatic heterocycles. The molecule has 0 saturated heterocycles. The van der Waals surface area contributed by atoms with Crippen LogP contribution in [0.1, 0.15) is 112 Å². The molecule has 2 atom stereocenters. The summed E-state index contributed by atoms with van der Waals surface area (Å²) in [5.74, 6) is 3.58. The third-order valence-electron chi connectivity index (χ3n) is 4.79. The van der Waals surface area contributed by atoms with Gasteiger partial charge in [-0.1, -0.05) is 105 Å². The van der Waals surface area contributed by atoms with Gasteiger partial charge in [0.15, 0.2) is 0 Å². The lowest BCUT2D eigenvalue weighted by Gasteiger charge is -2.29. The minimum Gasteiger partial charge on any atom is -0.0654 e. The van der Waals surface area contributed by atoms with Crippen molar-refractivity contribution in [1.29, 1.82) is 0 Å². The molecule has 0 spiro atoms. The van der Waals surface area contributed by atoms with Crippen LogP contribution in [-0.4, -0.2) is 0 Å². The van der Waals surface area contributed by atoms with Crippen molar-refractivity contribution in [2.45, 2.75) is 112 Å². The quantitative estimate of drug-likeness (QED) is 0.288. The summed E-state index contributed by atoms with van der Waals surface area (Å²) in [6.07, 6.45) is 16.8. The molecule has 0 nitrogen and oxygen atoms in total. The summed E-state index contributed by atoms with van der Waals surface area (Å²) in [5.41, 5.74) is 0. The van der Waals surface area contributed by atoms with Crippen LogP contribution in [0.2, 0.25) is 0 Å². The molecule has 2 unspecified atom stereocenters. The fraction of sp³-hybridized carbons (Fsp3) is 0.950. The first kappa shape index (κ1) is 20.0. The number of unbranched alkanes of at least 4 members (excludes halogenated alkanes) is 6. The number of rotatable bonds is 14. The standard InChI is InChI=1S/C20H41/c1-6-9-11-13-16-18(4)20(15-8-3)19(5)17-14-12-10-7-2/h18-19H,6-17H2,1-5H3. The van der Waals surface area contributed by atoms with E-state index < -0.39 is 0 Å². The van der Waals surface area contributed by atoms with Gasteiger partial charge in [-0.25, -0.2) is 0 Å². The molecule has 0 saturated carbocycles. The molecule has 0 fully saturated rings. The van der Waals surface area contributed by atoms with E-state index in [-0.39, 0.29) is 0 Å². The lowest BCUT2D eigenvalue weighted by Crippen LogP contribution is -2.18. The molecule has 0 aliphatic heterocycles. The van der Waals surface area contributed by atoms with Gasteiger partial charge in [0.2, 0.25) is 0 Å². The predicted octanol–water partition coefficient (Wildman–Crippen LogP) is 7.57. The molecule has 0 aromatic carbocycles. The highest BCUT2D eigenvalue weighted by Crippen LogP contribution is 2.34. The van der Waals surface area contributed by atoms with E-state index in [1.165, 1.54) is 77.0 Å². The van der Waals surface area contributed by atoms with Crippen LogP contribution in [0, 0.1) is 17.8 Å². The second kappa shape index (κ2) is 14.0. The van der Waals surface area contributed by atoms with Gasteiger partial charge < -0.3 is 0 Å². The minimum absolute atomic E-state index is 0.855. The third kappa shape index (κ3) is 9.83. The van der Waals surface area contributed by atoms with Crippen molar-refractivity contribution in [3.05, 3.63) is 5.92 Å². The van der Waals surface area contributed by atoms with E-state index in [0.717, 1.165) is 11.8 Å². The second-order valence-corrected chi connectivity index (χ2v) is 6.83. The normalized spacial score (nSPS) is 14.7. The van der Waals surface area contributed by atoms with Crippen LogP contribution in [0.25, 0.3) is 0 Å². The zero-order valence-electron chi connectivity index (χ0n) is 15.1. The number of hydrogen-bond donors (Lipinski definition) is 0. The summed E-state index contributed by atoms with van der Waals surface area (Å²) < 4.78 is 0. The Labute approximate surface area is 130 Å². The maximum Gasteiger partial charge on any atom is -0.0185 e. The molecule has 20 heavy (non-hydrogen) atoms. The summed E-state index contributed by atoms with van der Waals surface area (Å²) in [6, 6.07) is 0. The molecule has 0 amide bonds. The highest BCUT2D eigenvalue weighted by Gasteiger charge is 2.22. The molecule has 0 aliphatic rings. The third-order valence-corrected chi connectivity index (χ3v) is 4.79. The van der Waals surface area contributed by atoms with Gasteiger partial charge in [-0.2, -0.15) is 0 Å². The van der Waals surface area contributed by atoms with E-state index >= 15 is 0 Å². The van der Waals surface area contributed by atoms with Crippen LogP contribution in [-0.2, 0) is 0 Å². The van der Waals surface area contributed by atoms with Crippen molar-refractivity contribution in [3.63, 3.8) is 0 Å². The van der Waals surface area contributed by atoms with Crippen LogP contribution in [0.3, 0.4) is 0 Å². The molecule has 0 heterocycles. The van der Waals surface area contributed by atoms with Crippen LogP contribution in [0.4, 0.5) is 0 Å². The summed E-state index contributed by atoms with van der Waals surface area (Å²) in [7, 11) is 0. The molecular weight excluding hydrogens is 240 g/mol. The van der Waals surface area contributed by atoms with Gasteiger partial charge in [-0.15, -0.1) is 0 Å². The topological polar surface area (TPSA) is 0 Å². The molecular formula is C20H41. The Kier molecular flexibility index (Phi) is 14.0. The van der Waals surface area contributed by atoms with Gasteiger partial charge in [-0.3, -0.25) is 0 Å². The van der Waals surface area contributed by atoms with Crippen molar-refractivity contribution < 1.29 is 0 Å². The van der Waals surface area contributed by atoms with Gasteiger partial charge in [0.1, 0.15) is 0 Å². The SMILES string of the molecule is CCCCCCC(C)[C](CCC)C(C)CCCCCC. The minimum atomic E-state index is 0.855. The Morgan fingerprint density at radius 2 is 1.05 bits per heavy atom. The van der Waals surface area contributed by atoms with Crippen molar-refractivity contribution >= 4 is 0 Å². The van der Waals surface area contributed by atoms with Crippen molar-refractivity contribution in [3.8, 4) is 0 Å². The molecule has 0 rings (SSSR count). The number of hydrogen-bond acceptors (Lipinski definition) is 0.